The third kappa shape index (κ3) is 2.77. The van der Waals surface area contributed by atoms with Gasteiger partial charge in [-0.2, -0.15) is 0 Å². The van der Waals surface area contributed by atoms with Crippen molar-refractivity contribution in [2.45, 2.75) is 25.8 Å². The van der Waals surface area contributed by atoms with E-state index >= 15 is 0 Å². The number of benzene rings is 1. The first-order valence-corrected chi connectivity index (χ1v) is 6.53. The Morgan fingerprint density at radius 3 is 2.95 bits per heavy atom. The summed E-state index contributed by atoms with van der Waals surface area (Å²) >= 11 is 0. The number of non-ortho nitro benzene ring substituents is 1. The summed E-state index contributed by atoms with van der Waals surface area (Å²) in [6.45, 7) is 3.06. The molecule has 1 heterocycles. The molecule has 2 rings (SSSR count). The largest absolute Gasteiger partial charge is 0.308 e. The van der Waals surface area contributed by atoms with Gasteiger partial charge in [-0.05, 0) is 25.5 Å². The van der Waals surface area contributed by atoms with Crippen LogP contribution in [0, 0.1) is 15.9 Å². The second-order valence-corrected chi connectivity index (χ2v) is 4.68. The smallest absolute Gasteiger partial charge is 0.271 e. The van der Waals surface area contributed by atoms with Gasteiger partial charge in [0.15, 0.2) is 0 Å². The number of carbonyl (C=O) groups excluding carboxylic acids is 1. The minimum atomic E-state index is -0.625. The van der Waals surface area contributed by atoms with Gasteiger partial charge in [-0.1, -0.05) is 6.92 Å². The van der Waals surface area contributed by atoms with Crippen molar-refractivity contribution in [2.24, 2.45) is 0 Å². The molecule has 1 aromatic carbocycles. The van der Waals surface area contributed by atoms with Crippen molar-refractivity contribution in [3.05, 3.63) is 34.1 Å². The van der Waals surface area contributed by atoms with Gasteiger partial charge in [0.1, 0.15) is 5.82 Å². The average molecular weight is 281 g/mol. The highest BCUT2D eigenvalue weighted by Crippen LogP contribution is 2.28. The Kier molecular flexibility index (Phi) is 4.29. The quantitative estimate of drug-likeness (QED) is 0.660. The molecule has 0 aromatic heterocycles. The van der Waals surface area contributed by atoms with Crippen molar-refractivity contribution in [1.82, 2.24) is 5.32 Å². The number of nitrogens with one attached hydrogen (secondary N) is 1. The van der Waals surface area contributed by atoms with Crippen LogP contribution in [0.25, 0.3) is 0 Å². The maximum absolute atomic E-state index is 13.8. The van der Waals surface area contributed by atoms with Crippen LogP contribution in [0.5, 0.6) is 0 Å². The molecular weight excluding hydrogens is 265 g/mol. The van der Waals surface area contributed by atoms with Crippen LogP contribution in [0.15, 0.2) is 18.2 Å². The number of halogens is 1. The minimum Gasteiger partial charge on any atom is -0.308 e. The summed E-state index contributed by atoms with van der Waals surface area (Å²) in [6.07, 6.45) is 1.47. The minimum absolute atomic E-state index is 0.0231. The summed E-state index contributed by atoms with van der Waals surface area (Å²) in [5.41, 5.74) is -0.246. The fourth-order valence-electron chi connectivity index (χ4n) is 2.25. The predicted octanol–water partition coefficient (Wildman–Crippen LogP) is 1.84. The summed E-state index contributed by atoms with van der Waals surface area (Å²) in [7, 11) is 0. The van der Waals surface area contributed by atoms with Crippen molar-refractivity contribution in [1.29, 1.82) is 0 Å². The summed E-state index contributed by atoms with van der Waals surface area (Å²) < 4.78 is 13.8. The first-order chi connectivity index (χ1) is 9.54. The summed E-state index contributed by atoms with van der Waals surface area (Å²) in [5, 5.41) is 13.8. The maximum Gasteiger partial charge on any atom is 0.271 e. The highest BCUT2D eigenvalue weighted by molar-refractivity contribution is 5.99. The fourth-order valence-corrected chi connectivity index (χ4v) is 2.25. The molecule has 1 saturated heterocycles. The molecule has 1 aromatic rings. The zero-order valence-electron chi connectivity index (χ0n) is 11.1. The van der Waals surface area contributed by atoms with Gasteiger partial charge in [0.25, 0.3) is 5.69 Å². The molecule has 1 unspecified atom stereocenters. The van der Waals surface area contributed by atoms with Crippen molar-refractivity contribution in [3.63, 3.8) is 0 Å². The molecule has 0 bridgehead atoms. The Balaban J connectivity index is 2.22. The molecule has 7 heteroatoms. The van der Waals surface area contributed by atoms with Crippen LogP contribution >= 0.6 is 0 Å². The lowest BCUT2D eigenvalue weighted by molar-refractivity contribution is -0.384. The predicted molar refractivity (Wildman–Crippen MR) is 72.1 cm³/mol. The number of hydrogen-bond donors (Lipinski definition) is 1. The number of nitro benzene ring substituents is 1. The molecule has 20 heavy (non-hydrogen) atoms. The Hall–Kier alpha value is -2.02. The maximum atomic E-state index is 13.8. The average Bonchev–Trinajstić information content (AvgIpc) is 2.78. The van der Waals surface area contributed by atoms with E-state index in [9.17, 15) is 19.3 Å². The van der Waals surface area contributed by atoms with E-state index in [0.717, 1.165) is 24.6 Å². The molecule has 1 aliphatic heterocycles. The Morgan fingerprint density at radius 2 is 2.30 bits per heavy atom. The third-order valence-electron chi connectivity index (χ3n) is 3.28. The van der Waals surface area contributed by atoms with Gasteiger partial charge in [-0.3, -0.25) is 14.9 Å². The molecule has 108 valence electrons. The van der Waals surface area contributed by atoms with Crippen LogP contribution < -0.4 is 10.2 Å². The monoisotopic (exact) mass is 281 g/mol. The van der Waals surface area contributed by atoms with Crippen molar-refractivity contribution < 1.29 is 14.1 Å². The standard InChI is InChI=1S/C13H16FN3O3/c1-2-6-15-11-5-7-16(13(11)18)12-8-9(17(19)20)3-4-10(12)14/h3-4,8,11,15H,2,5-7H2,1H3. The summed E-state index contributed by atoms with van der Waals surface area (Å²) in [6, 6.07) is 2.88. The lowest BCUT2D eigenvalue weighted by Gasteiger charge is -2.17. The zero-order chi connectivity index (χ0) is 14.7. The number of rotatable bonds is 5. The lowest BCUT2D eigenvalue weighted by atomic mass is 10.2. The van der Waals surface area contributed by atoms with Crippen LogP contribution in [0.2, 0.25) is 0 Å². The van der Waals surface area contributed by atoms with Crippen LogP contribution in [-0.4, -0.2) is 30.0 Å². The van der Waals surface area contributed by atoms with Gasteiger partial charge in [-0.15, -0.1) is 0 Å². The van der Waals surface area contributed by atoms with Gasteiger partial charge in [0.2, 0.25) is 5.91 Å². The molecule has 1 aliphatic rings. The molecule has 1 amide bonds. The molecule has 0 saturated carbocycles. The van der Waals surface area contributed by atoms with E-state index < -0.39 is 10.7 Å². The molecule has 1 atom stereocenters. The highest BCUT2D eigenvalue weighted by atomic mass is 19.1. The van der Waals surface area contributed by atoms with E-state index in [4.69, 9.17) is 0 Å². The first-order valence-electron chi connectivity index (χ1n) is 6.53. The van der Waals surface area contributed by atoms with Crippen LogP contribution in [-0.2, 0) is 4.79 Å². The second kappa shape index (κ2) is 5.96. The van der Waals surface area contributed by atoms with E-state index in [1.807, 2.05) is 6.92 Å². The second-order valence-electron chi connectivity index (χ2n) is 4.68. The molecule has 1 N–H and O–H groups in total. The first kappa shape index (κ1) is 14.4. The van der Waals surface area contributed by atoms with E-state index in [1.54, 1.807) is 0 Å². The highest BCUT2D eigenvalue weighted by Gasteiger charge is 2.33. The fraction of sp³-hybridized carbons (Fsp3) is 0.462. The normalized spacial score (nSPS) is 18.6. The Morgan fingerprint density at radius 1 is 1.55 bits per heavy atom. The van der Waals surface area contributed by atoms with Crippen molar-refractivity contribution in [2.75, 3.05) is 18.0 Å². The number of nitro groups is 1. The molecular formula is C13H16FN3O3. The van der Waals surface area contributed by atoms with Gasteiger partial charge in [0.05, 0.1) is 16.7 Å². The molecule has 0 radical (unpaired) electrons. The van der Waals surface area contributed by atoms with Gasteiger partial charge >= 0.3 is 0 Å². The lowest BCUT2D eigenvalue weighted by Crippen LogP contribution is -2.38. The zero-order valence-corrected chi connectivity index (χ0v) is 11.1. The third-order valence-corrected chi connectivity index (χ3v) is 3.28. The van der Waals surface area contributed by atoms with E-state index in [1.165, 1.54) is 4.90 Å². The number of hydrogen-bond acceptors (Lipinski definition) is 4. The summed E-state index contributed by atoms with van der Waals surface area (Å²) in [5.74, 6) is -0.863. The molecule has 1 fully saturated rings. The van der Waals surface area contributed by atoms with Gasteiger partial charge in [-0.25, -0.2) is 4.39 Å². The van der Waals surface area contributed by atoms with Gasteiger partial charge < -0.3 is 10.2 Å². The van der Waals surface area contributed by atoms with Crippen LogP contribution in [0.1, 0.15) is 19.8 Å². The number of amides is 1. The van der Waals surface area contributed by atoms with E-state index in [-0.39, 0.29) is 23.3 Å². The summed E-state index contributed by atoms with van der Waals surface area (Å²) in [4.78, 5) is 23.6. The molecule has 0 aliphatic carbocycles. The van der Waals surface area contributed by atoms with Crippen LogP contribution in [0.4, 0.5) is 15.8 Å². The van der Waals surface area contributed by atoms with Crippen molar-refractivity contribution >= 4 is 17.3 Å². The number of anilines is 1. The Bertz CT molecular complexity index is 536. The number of nitrogens with zero attached hydrogens (tertiary/aromatic N) is 2. The van der Waals surface area contributed by atoms with Crippen molar-refractivity contribution in [3.8, 4) is 0 Å². The Labute approximate surface area is 115 Å². The SMILES string of the molecule is CCCNC1CCN(c2cc([N+](=O)[O-])ccc2F)C1=O. The topological polar surface area (TPSA) is 75.5 Å². The van der Waals surface area contributed by atoms with Gasteiger partial charge in [0, 0.05) is 18.7 Å². The van der Waals surface area contributed by atoms with E-state index in [0.29, 0.717) is 19.5 Å². The molecule has 0 spiro atoms. The van der Waals surface area contributed by atoms with E-state index in [2.05, 4.69) is 5.32 Å². The van der Waals surface area contributed by atoms with Crippen LogP contribution in [0.3, 0.4) is 0 Å². The molecule has 6 nitrogen and oxygen atoms in total. The number of carbonyl (C=O) groups is 1.